The molecule has 0 atom stereocenters. The van der Waals surface area contributed by atoms with Gasteiger partial charge in [-0.05, 0) is 60.4 Å². The van der Waals surface area contributed by atoms with E-state index in [1.807, 2.05) is 19.1 Å². The zero-order valence-corrected chi connectivity index (χ0v) is 16.2. The van der Waals surface area contributed by atoms with Crippen LogP contribution in [-0.2, 0) is 6.61 Å². The highest BCUT2D eigenvalue weighted by Gasteiger charge is 2.14. The minimum absolute atomic E-state index is 0.224. The van der Waals surface area contributed by atoms with Crippen molar-refractivity contribution in [2.45, 2.75) is 33.3 Å². The number of benzene rings is 1. The summed E-state index contributed by atoms with van der Waals surface area (Å²) >= 11 is 6.23. The number of aryl methyl sites for hydroxylation is 1. The number of pyridine rings is 1. The normalized spacial score (nSPS) is 10.9. The van der Waals surface area contributed by atoms with E-state index in [9.17, 15) is 4.79 Å². The van der Waals surface area contributed by atoms with E-state index in [1.165, 1.54) is 0 Å². The average molecular weight is 385 g/mol. The van der Waals surface area contributed by atoms with Gasteiger partial charge in [-0.3, -0.25) is 9.78 Å². The van der Waals surface area contributed by atoms with Crippen molar-refractivity contribution in [1.82, 2.24) is 4.98 Å². The number of halogens is 1. The Bertz CT molecular complexity index is 936. The molecule has 2 heterocycles. The van der Waals surface area contributed by atoms with Crippen molar-refractivity contribution in [3.63, 3.8) is 0 Å². The summed E-state index contributed by atoms with van der Waals surface area (Å²) < 4.78 is 11.6. The molecule has 0 bridgehead atoms. The van der Waals surface area contributed by atoms with Crippen molar-refractivity contribution in [3.8, 4) is 5.75 Å². The fourth-order valence-electron chi connectivity index (χ4n) is 2.60. The van der Waals surface area contributed by atoms with E-state index in [0.717, 1.165) is 21.9 Å². The fraction of sp³-hybridized carbons (Fsp3) is 0.238. The fourth-order valence-corrected chi connectivity index (χ4v) is 2.77. The average Bonchev–Trinajstić information content (AvgIpc) is 3.12. The highest BCUT2D eigenvalue weighted by Crippen LogP contribution is 2.32. The number of nitrogens with zero attached hydrogens (tertiary/aromatic N) is 1. The summed E-state index contributed by atoms with van der Waals surface area (Å²) in [7, 11) is 0. The maximum Gasteiger partial charge on any atom is 0.291 e. The molecule has 140 valence electrons. The van der Waals surface area contributed by atoms with E-state index in [-0.39, 0.29) is 24.2 Å². The van der Waals surface area contributed by atoms with Crippen LogP contribution in [0.25, 0.3) is 0 Å². The Morgan fingerprint density at radius 1 is 1.22 bits per heavy atom. The lowest BCUT2D eigenvalue weighted by Gasteiger charge is -2.15. The first-order valence-electron chi connectivity index (χ1n) is 8.67. The van der Waals surface area contributed by atoms with Crippen LogP contribution in [0.5, 0.6) is 5.75 Å². The van der Waals surface area contributed by atoms with E-state index in [2.05, 4.69) is 24.1 Å². The number of ether oxygens (including phenoxy) is 1. The van der Waals surface area contributed by atoms with E-state index in [4.69, 9.17) is 20.8 Å². The number of nitrogens with one attached hydrogen (secondary N) is 1. The number of rotatable bonds is 6. The Balaban J connectivity index is 1.68. The highest BCUT2D eigenvalue weighted by atomic mass is 35.5. The quantitative estimate of drug-likeness (QED) is 0.601. The summed E-state index contributed by atoms with van der Waals surface area (Å²) in [6.07, 6.45) is 3.22. The molecule has 2 aromatic heterocycles. The van der Waals surface area contributed by atoms with Crippen molar-refractivity contribution in [2.24, 2.45) is 0 Å². The lowest BCUT2D eigenvalue weighted by Crippen LogP contribution is -2.10. The predicted octanol–water partition coefficient (Wildman–Crippen LogP) is 5.59. The predicted molar refractivity (Wildman–Crippen MR) is 106 cm³/mol. The number of hydrogen-bond acceptors (Lipinski definition) is 4. The molecule has 0 fully saturated rings. The molecule has 0 saturated carbocycles. The number of carbonyl (C=O) groups is 1. The smallest absolute Gasteiger partial charge is 0.291 e. The first-order chi connectivity index (χ1) is 12.9. The molecule has 0 unspecified atom stereocenters. The van der Waals surface area contributed by atoms with E-state index < -0.39 is 0 Å². The first-order valence-corrected chi connectivity index (χ1v) is 9.04. The van der Waals surface area contributed by atoms with E-state index in [1.54, 1.807) is 36.7 Å². The minimum atomic E-state index is -0.322. The molecule has 1 amide bonds. The molecule has 0 spiro atoms. The molecular formula is C21H21ClN2O3. The van der Waals surface area contributed by atoms with Gasteiger partial charge in [-0.15, -0.1) is 0 Å². The number of hydrogen-bond donors (Lipinski definition) is 1. The second-order valence-electron chi connectivity index (χ2n) is 6.54. The molecule has 0 aliphatic rings. The van der Waals surface area contributed by atoms with Crippen molar-refractivity contribution in [1.29, 1.82) is 0 Å². The summed E-state index contributed by atoms with van der Waals surface area (Å²) in [5.74, 6) is 1.51. The van der Waals surface area contributed by atoms with Crippen molar-refractivity contribution >= 4 is 23.2 Å². The second-order valence-corrected chi connectivity index (χ2v) is 6.95. The van der Waals surface area contributed by atoms with Gasteiger partial charge in [0.1, 0.15) is 18.1 Å². The summed E-state index contributed by atoms with van der Waals surface area (Å²) in [6.45, 7) is 6.33. The van der Waals surface area contributed by atoms with Crippen molar-refractivity contribution < 1.29 is 13.9 Å². The van der Waals surface area contributed by atoms with Crippen LogP contribution in [0, 0.1) is 6.92 Å². The lowest BCUT2D eigenvalue weighted by molar-refractivity contribution is 0.0992. The van der Waals surface area contributed by atoms with Crippen LogP contribution in [0.15, 0.2) is 53.2 Å². The van der Waals surface area contributed by atoms with Gasteiger partial charge in [-0.2, -0.15) is 0 Å². The minimum Gasteiger partial charge on any atom is -0.485 e. The number of amides is 1. The van der Waals surface area contributed by atoms with Crippen LogP contribution in [0.3, 0.4) is 0 Å². The van der Waals surface area contributed by atoms with Gasteiger partial charge in [0.2, 0.25) is 0 Å². The molecule has 3 aromatic rings. The molecule has 0 aliphatic heterocycles. The second kappa shape index (κ2) is 8.27. The summed E-state index contributed by atoms with van der Waals surface area (Å²) in [5, 5.41) is 3.48. The number of furan rings is 1. The molecule has 0 aliphatic carbocycles. The highest BCUT2D eigenvalue weighted by molar-refractivity contribution is 6.31. The van der Waals surface area contributed by atoms with Crippen molar-refractivity contribution in [3.05, 3.63) is 76.5 Å². The SMILES string of the molecule is Cc1cc(OCc2ccc(C(=O)Nc3ccncc3)o2)c(C(C)C)cc1Cl. The van der Waals surface area contributed by atoms with Crippen LogP contribution < -0.4 is 10.1 Å². The van der Waals surface area contributed by atoms with Crippen LogP contribution in [0.4, 0.5) is 5.69 Å². The molecule has 6 heteroatoms. The zero-order valence-electron chi connectivity index (χ0n) is 15.5. The molecule has 0 radical (unpaired) electrons. The third-order valence-electron chi connectivity index (χ3n) is 4.11. The lowest BCUT2D eigenvalue weighted by atomic mass is 10.0. The molecule has 5 nitrogen and oxygen atoms in total. The zero-order chi connectivity index (χ0) is 19.4. The summed E-state index contributed by atoms with van der Waals surface area (Å²) in [5.41, 5.74) is 2.64. The number of aromatic nitrogens is 1. The molecule has 1 N–H and O–H groups in total. The van der Waals surface area contributed by atoms with Gasteiger partial charge in [0.15, 0.2) is 5.76 Å². The Morgan fingerprint density at radius 3 is 2.67 bits per heavy atom. The molecular weight excluding hydrogens is 364 g/mol. The largest absolute Gasteiger partial charge is 0.485 e. The Morgan fingerprint density at radius 2 is 1.96 bits per heavy atom. The summed E-state index contributed by atoms with van der Waals surface area (Å²) in [4.78, 5) is 16.2. The van der Waals surface area contributed by atoms with Gasteiger partial charge in [0.05, 0.1) is 0 Å². The van der Waals surface area contributed by atoms with Gasteiger partial charge < -0.3 is 14.5 Å². The maximum absolute atomic E-state index is 12.2. The molecule has 27 heavy (non-hydrogen) atoms. The molecule has 1 aromatic carbocycles. The third kappa shape index (κ3) is 4.68. The Hall–Kier alpha value is -2.79. The van der Waals surface area contributed by atoms with E-state index in [0.29, 0.717) is 11.4 Å². The van der Waals surface area contributed by atoms with Crippen LogP contribution in [-0.4, -0.2) is 10.9 Å². The first kappa shape index (κ1) is 19.0. The maximum atomic E-state index is 12.2. The van der Waals surface area contributed by atoms with Crippen LogP contribution in [0.1, 0.15) is 47.2 Å². The standard InChI is InChI=1S/C21H21ClN2O3/c1-13(2)17-11-18(22)14(3)10-20(17)26-12-16-4-5-19(27-16)21(25)24-15-6-8-23-9-7-15/h4-11,13H,12H2,1-3H3,(H,23,24,25). The monoisotopic (exact) mass is 384 g/mol. The van der Waals surface area contributed by atoms with Gasteiger partial charge >= 0.3 is 0 Å². The van der Waals surface area contributed by atoms with Crippen LogP contribution in [0.2, 0.25) is 5.02 Å². The third-order valence-corrected chi connectivity index (χ3v) is 4.51. The van der Waals surface area contributed by atoms with Gasteiger partial charge in [0, 0.05) is 23.1 Å². The molecule has 0 saturated heterocycles. The Labute approximate surface area is 163 Å². The topological polar surface area (TPSA) is 64.4 Å². The van der Waals surface area contributed by atoms with Gasteiger partial charge in [-0.1, -0.05) is 25.4 Å². The number of anilines is 1. The van der Waals surface area contributed by atoms with Crippen LogP contribution >= 0.6 is 11.6 Å². The van der Waals surface area contributed by atoms with Gasteiger partial charge in [0.25, 0.3) is 5.91 Å². The van der Waals surface area contributed by atoms with E-state index >= 15 is 0 Å². The molecule has 3 rings (SSSR count). The number of carbonyl (C=O) groups excluding carboxylic acids is 1. The van der Waals surface area contributed by atoms with Gasteiger partial charge in [-0.25, -0.2) is 0 Å². The summed E-state index contributed by atoms with van der Waals surface area (Å²) in [6, 6.07) is 10.7. The Kier molecular flexibility index (Phi) is 5.81. The van der Waals surface area contributed by atoms with Crippen molar-refractivity contribution in [2.75, 3.05) is 5.32 Å².